The van der Waals surface area contributed by atoms with E-state index in [4.69, 9.17) is 9.47 Å². The van der Waals surface area contributed by atoms with Crippen LogP contribution in [0, 0.1) is 0 Å². The molecule has 1 aromatic heterocycles. The first-order chi connectivity index (χ1) is 7.80. The fourth-order valence-electron chi connectivity index (χ4n) is 1.46. The fraction of sp³-hybridized carbons (Fsp3) is 0.636. The van der Waals surface area contributed by atoms with Crippen LogP contribution in [0.15, 0.2) is 12.4 Å². The van der Waals surface area contributed by atoms with E-state index in [1.807, 2.05) is 13.1 Å². The van der Waals surface area contributed by atoms with Gasteiger partial charge in [-0.3, -0.25) is 0 Å². The van der Waals surface area contributed by atoms with E-state index in [1.54, 1.807) is 14.2 Å². The van der Waals surface area contributed by atoms with Gasteiger partial charge in [-0.2, -0.15) is 0 Å². The molecule has 1 rings (SSSR count). The second kappa shape index (κ2) is 7.14. The van der Waals surface area contributed by atoms with Crippen molar-refractivity contribution in [1.29, 1.82) is 0 Å². The van der Waals surface area contributed by atoms with Crippen LogP contribution in [0.1, 0.15) is 12.1 Å². The normalized spacial score (nSPS) is 12.4. The quantitative estimate of drug-likeness (QED) is 0.738. The minimum Gasteiger partial charge on any atom is -0.481 e. The number of rotatable bonds is 7. The lowest BCUT2D eigenvalue weighted by Gasteiger charge is -2.15. The van der Waals surface area contributed by atoms with Crippen molar-refractivity contribution < 1.29 is 9.47 Å². The molecule has 5 heteroatoms. The van der Waals surface area contributed by atoms with Crippen molar-refractivity contribution in [2.75, 3.05) is 27.9 Å². The molecule has 0 saturated carbocycles. The molecular formula is C11H19N3O2. The molecule has 1 N–H and O–H groups in total. The minimum absolute atomic E-state index is 0.361. The molecule has 0 aliphatic rings. The standard InChI is InChI=1S/C11H19N3O2/c1-12-9(4-5-15-2)6-10-7-11(16-3)14-8-13-10/h7-9,12H,4-6H2,1-3H3. The molecule has 0 aromatic carbocycles. The summed E-state index contributed by atoms with van der Waals surface area (Å²) in [6.07, 6.45) is 3.33. The molecule has 0 bridgehead atoms. The van der Waals surface area contributed by atoms with E-state index in [-0.39, 0.29) is 0 Å². The second-order valence-electron chi connectivity index (χ2n) is 3.52. The van der Waals surface area contributed by atoms with Crippen LogP contribution in [0.3, 0.4) is 0 Å². The van der Waals surface area contributed by atoms with Crippen LogP contribution in [-0.4, -0.2) is 43.9 Å². The largest absolute Gasteiger partial charge is 0.481 e. The van der Waals surface area contributed by atoms with Crippen molar-refractivity contribution in [3.8, 4) is 5.88 Å². The molecule has 0 fully saturated rings. The van der Waals surface area contributed by atoms with Gasteiger partial charge in [0.05, 0.1) is 7.11 Å². The van der Waals surface area contributed by atoms with Gasteiger partial charge in [0, 0.05) is 37.9 Å². The Kier molecular flexibility index (Phi) is 5.74. The monoisotopic (exact) mass is 225 g/mol. The Labute approximate surface area is 96.2 Å². The number of hydrogen-bond acceptors (Lipinski definition) is 5. The Morgan fingerprint density at radius 2 is 2.19 bits per heavy atom. The molecule has 90 valence electrons. The molecule has 5 nitrogen and oxygen atoms in total. The third-order valence-corrected chi connectivity index (χ3v) is 2.44. The van der Waals surface area contributed by atoms with Crippen molar-refractivity contribution >= 4 is 0 Å². The highest BCUT2D eigenvalue weighted by molar-refractivity contribution is 5.14. The van der Waals surface area contributed by atoms with E-state index in [9.17, 15) is 0 Å². The third-order valence-electron chi connectivity index (χ3n) is 2.44. The average Bonchev–Trinajstić information content (AvgIpc) is 2.34. The Morgan fingerprint density at radius 1 is 1.38 bits per heavy atom. The highest BCUT2D eigenvalue weighted by atomic mass is 16.5. The lowest BCUT2D eigenvalue weighted by molar-refractivity contribution is 0.183. The summed E-state index contributed by atoms with van der Waals surface area (Å²) in [6, 6.07) is 2.22. The maximum Gasteiger partial charge on any atom is 0.216 e. The van der Waals surface area contributed by atoms with E-state index in [1.165, 1.54) is 6.33 Å². The molecule has 0 amide bonds. The summed E-state index contributed by atoms with van der Waals surface area (Å²) in [5.74, 6) is 0.603. The molecule has 0 spiro atoms. The number of likely N-dealkylation sites (N-methyl/N-ethyl adjacent to an activating group) is 1. The number of aromatic nitrogens is 2. The summed E-state index contributed by atoms with van der Waals surface area (Å²) in [5.41, 5.74) is 0.974. The van der Waals surface area contributed by atoms with E-state index >= 15 is 0 Å². The summed E-state index contributed by atoms with van der Waals surface area (Å²) < 4.78 is 10.1. The first-order valence-electron chi connectivity index (χ1n) is 5.31. The Morgan fingerprint density at radius 3 is 2.81 bits per heavy atom. The Hall–Kier alpha value is -1.20. The number of hydrogen-bond donors (Lipinski definition) is 1. The highest BCUT2D eigenvalue weighted by Gasteiger charge is 2.08. The number of nitrogens with one attached hydrogen (secondary N) is 1. The van der Waals surface area contributed by atoms with Crippen LogP contribution in [0.2, 0.25) is 0 Å². The van der Waals surface area contributed by atoms with Crippen LogP contribution >= 0.6 is 0 Å². The lowest BCUT2D eigenvalue weighted by atomic mass is 10.1. The fourth-order valence-corrected chi connectivity index (χ4v) is 1.46. The number of nitrogens with zero attached hydrogens (tertiary/aromatic N) is 2. The third kappa shape index (κ3) is 4.12. The smallest absolute Gasteiger partial charge is 0.216 e. The van der Waals surface area contributed by atoms with E-state index < -0.39 is 0 Å². The topological polar surface area (TPSA) is 56.3 Å². The Balaban J connectivity index is 2.55. The van der Waals surface area contributed by atoms with Crippen molar-refractivity contribution in [2.24, 2.45) is 0 Å². The predicted octanol–water partition coefficient (Wildman–Crippen LogP) is 0.652. The zero-order valence-corrected chi connectivity index (χ0v) is 10.1. The maximum atomic E-state index is 5.06. The molecular weight excluding hydrogens is 206 g/mol. The summed E-state index contributed by atoms with van der Waals surface area (Å²) in [5, 5.41) is 3.24. The van der Waals surface area contributed by atoms with Crippen molar-refractivity contribution in [3.63, 3.8) is 0 Å². The van der Waals surface area contributed by atoms with Gasteiger partial charge in [-0.1, -0.05) is 0 Å². The van der Waals surface area contributed by atoms with Crippen LogP contribution in [0.4, 0.5) is 0 Å². The molecule has 0 aliphatic carbocycles. The predicted molar refractivity (Wildman–Crippen MR) is 61.6 cm³/mol. The zero-order chi connectivity index (χ0) is 11.8. The summed E-state index contributed by atoms with van der Waals surface area (Å²) in [4.78, 5) is 8.19. The summed E-state index contributed by atoms with van der Waals surface area (Å²) in [7, 11) is 5.26. The zero-order valence-electron chi connectivity index (χ0n) is 10.1. The van der Waals surface area contributed by atoms with Gasteiger partial charge in [-0.15, -0.1) is 0 Å². The Bertz CT molecular complexity index is 307. The molecule has 1 heterocycles. The van der Waals surface area contributed by atoms with Gasteiger partial charge in [0.1, 0.15) is 6.33 Å². The molecule has 1 unspecified atom stereocenters. The average molecular weight is 225 g/mol. The molecule has 1 aromatic rings. The highest BCUT2D eigenvalue weighted by Crippen LogP contribution is 2.09. The molecule has 1 atom stereocenters. The second-order valence-corrected chi connectivity index (χ2v) is 3.52. The molecule has 16 heavy (non-hydrogen) atoms. The molecule has 0 radical (unpaired) electrons. The van der Waals surface area contributed by atoms with Crippen LogP contribution in [0.5, 0.6) is 5.88 Å². The number of ether oxygens (including phenoxy) is 2. The van der Waals surface area contributed by atoms with Crippen molar-refractivity contribution in [3.05, 3.63) is 18.1 Å². The number of methoxy groups -OCH3 is 2. The summed E-state index contributed by atoms with van der Waals surface area (Å²) >= 11 is 0. The van der Waals surface area contributed by atoms with Gasteiger partial charge in [0.25, 0.3) is 0 Å². The van der Waals surface area contributed by atoms with Crippen LogP contribution < -0.4 is 10.1 Å². The van der Waals surface area contributed by atoms with E-state index in [2.05, 4.69) is 15.3 Å². The van der Waals surface area contributed by atoms with Crippen molar-refractivity contribution in [2.45, 2.75) is 18.9 Å². The first kappa shape index (κ1) is 12.9. The van der Waals surface area contributed by atoms with E-state index in [0.29, 0.717) is 11.9 Å². The van der Waals surface area contributed by atoms with Crippen LogP contribution in [-0.2, 0) is 11.2 Å². The van der Waals surface area contributed by atoms with Gasteiger partial charge >= 0.3 is 0 Å². The van der Waals surface area contributed by atoms with Gasteiger partial charge in [0.2, 0.25) is 5.88 Å². The molecule has 0 saturated heterocycles. The maximum absolute atomic E-state index is 5.06. The summed E-state index contributed by atoms with van der Waals surface area (Å²) in [6.45, 7) is 0.744. The van der Waals surface area contributed by atoms with Gasteiger partial charge < -0.3 is 14.8 Å². The first-order valence-corrected chi connectivity index (χ1v) is 5.31. The van der Waals surface area contributed by atoms with Gasteiger partial charge in [-0.25, -0.2) is 9.97 Å². The van der Waals surface area contributed by atoms with E-state index in [0.717, 1.165) is 25.1 Å². The van der Waals surface area contributed by atoms with Gasteiger partial charge in [0.15, 0.2) is 0 Å². The van der Waals surface area contributed by atoms with Gasteiger partial charge in [-0.05, 0) is 13.5 Å². The SMILES string of the molecule is CNC(CCOC)Cc1cc(OC)ncn1. The van der Waals surface area contributed by atoms with Crippen molar-refractivity contribution in [1.82, 2.24) is 15.3 Å². The molecule has 0 aliphatic heterocycles. The lowest BCUT2D eigenvalue weighted by Crippen LogP contribution is -2.29. The van der Waals surface area contributed by atoms with Crippen LogP contribution in [0.25, 0.3) is 0 Å². The minimum atomic E-state index is 0.361.